The van der Waals surface area contributed by atoms with Crippen LogP contribution in [0.3, 0.4) is 0 Å². The van der Waals surface area contributed by atoms with E-state index >= 15 is 0 Å². The average Bonchev–Trinajstić information content (AvgIpc) is 3.30. The Hall–Kier alpha value is -2.34. The van der Waals surface area contributed by atoms with Crippen LogP contribution >= 0.6 is 0 Å². The molecule has 4 rings (SSSR count). The first kappa shape index (κ1) is 16.1. The molecular weight excluding hydrogens is 316 g/mol. The number of aromatic nitrogens is 2. The van der Waals surface area contributed by atoms with Gasteiger partial charge >= 0.3 is 6.03 Å². The summed E-state index contributed by atoms with van der Waals surface area (Å²) >= 11 is 0. The summed E-state index contributed by atoms with van der Waals surface area (Å²) in [5.74, 6) is 0.762. The summed E-state index contributed by atoms with van der Waals surface area (Å²) in [6, 6.07) is 7.84. The molecule has 1 aromatic carbocycles. The van der Waals surface area contributed by atoms with Crippen LogP contribution in [0.25, 0.3) is 0 Å². The zero-order valence-electron chi connectivity index (χ0n) is 14.3. The zero-order valence-corrected chi connectivity index (χ0v) is 14.3. The van der Waals surface area contributed by atoms with Gasteiger partial charge in [-0.05, 0) is 61.3 Å². The number of hydrogen-bond donors (Lipinski definition) is 3. The number of aryl methyl sites for hydroxylation is 1. The summed E-state index contributed by atoms with van der Waals surface area (Å²) in [4.78, 5) is 12.3. The summed E-state index contributed by atoms with van der Waals surface area (Å²) in [5, 5.41) is 13.1. The van der Waals surface area contributed by atoms with Crippen molar-refractivity contribution in [2.45, 2.75) is 44.8 Å². The second-order valence-electron chi connectivity index (χ2n) is 7.07. The highest BCUT2D eigenvalue weighted by molar-refractivity contribution is 5.89. The van der Waals surface area contributed by atoms with Crippen LogP contribution in [0, 0.1) is 5.92 Å². The van der Waals surface area contributed by atoms with Gasteiger partial charge in [-0.15, -0.1) is 0 Å². The van der Waals surface area contributed by atoms with E-state index in [1.165, 1.54) is 24.1 Å². The summed E-state index contributed by atoms with van der Waals surface area (Å²) in [7, 11) is 0. The van der Waals surface area contributed by atoms with Gasteiger partial charge in [0.25, 0.3) is 0 Å². The Morgan fingerprint density at radius 1 is 1.32 bits per heavy atom. The summed E-state index contributed by atoms with van der Waals surface area (Å²) < 4.78 is 5.71. The van der Waals surface area contributed by atoms with Gasteiger partial charge in [0.1, 0.15) is 0 Å². The molecule has 0 radical (unpaired) electrons. The lowest BCUT2D eigenvalue weighted by Crippen LogP contribution is -2.41. The van der Waals surface area contributed by atoms with Crippen molar-refractivity contribution in [3.05, 3.63) is 47.3 Å². The van der Waals surface area contributed by atoms with Crippen molar-refractivity contribution in [1.29, 1.82) is 0 Å². The normalized spacial score (nSPS) is 19.3. The number of ether oxygens (including phenoxy) is 1. The first-order valence-corrected chi connectivity index (χ1v) is 9.01. The molecule has 1 heterocycles. The number of hydrogen-bond acceptors (Lipinski definition) is 3. The van der Waals surface area contributed by atoms with Crippen molar-refractivity contribution in [1.82, 2.24) is 15.5 Å². The number of amides is 2. The maximum atomic E-state index is 12.3. The van der Waals surface area contributed by atoms with Gasteiger partial charge in [0.15, 0.2) is 0 Å². The molecular formula is C19H24N4O2. The Morgan fingerprint density at radius 3 is 3.12 bits per heavy atom. The van der Waals surface area contributed by atoms with Crippen molar-refractivity contribution in [3.8, 4) is 0 Å². The highest BCUT2D eigenvalue weighted by Gasteiger charge is 2.22. The van der Waals surface area contributed by atoms with Crippen LogP contribution in [0.2, 0.25) is 0 Å². The predicted molar refractivity (Wildman–Crippen MR) is 95.4 cm³/mol. The van der Waals surface area contributed by atoms with Crippen molar-refractivity contribution in [2.75, 3.05) is 11.9 Å². The number of anilines is 1. The maximum Gasteiger partial charge on any atom is 0.319 e. The van der Waals surface area contributed by atoms with E-state index in [9.17, 15) is 4.79 Å². The van der Waals surface area contributed by atoms with Crippen LogP contribution < -0.4 is 10.6 Å². The molecule has 0 bridgehead atoms. The Kier molecular flexibility index (Phi) is 4.70. The second-order valence-corrected chi connectivity index (χ2v) is 7.07. The third-order valence-corrected chi connectivity index (χ3v) is 4.86. The molecule has 1 atom stereocenters. The fourth-order valence-electron chi connectivity index (χ4n) is 3.26. The quantitative estimate of drug-likeness (QED) is 0.756. The van der Waals surface area contributed by atoms with Crippen molar-refractivity contribution in [2.24, 2.45) is 5.92 Å². The molecule has 0 aliphatic heterocycles. The zero-order chi connectivity index (χ0) is 17.1. The fraction of sp³-hybridized carbons (Fsp3) is 0.474. The minimum absolute atomic E-state index is 0.148. The second kappa shape index (κ2) is 7.27. The van der Waals surface area contributed by atoms with Crippen LogP contribution in [0.15, 0.2) is 30.5 Å². The van der Waals surface area contributed by atoms with Gasteiger partial charge in [0.2, 0.25) is 0 Å². The Labute approximate surface area is 147 Å². The van der Waals surface area contributed by atoms with Gasteiger partial charge in [0, 0.05) is 24.0 Å². The first-order valence-electron chi connectivity index (χ1n) is 9.01. The lowest BCUT2D eigenvalue weighted by Gasteiger charge is -2.23. The maximum absolute atomic E-state index is 12.3. The average molecular weight is 340 g/mol. The molecule has 6 heteroatoms. The van der Waals surface area contributed by atoms with E-state index in [1.54, 1.807) is 0 Å². The van der Waals surface area contributed by atoms with Crippen LogP contribution in [0.5, 0.6) is 0 Å². The largest absolute Gasteiger partial charge is 0.376 e. The van der Waals surface area contributed by atoms with Crippen molar-refractivity contribution < 1.29 is 9.53 Å². The number of fused-ring (bicyclic) bond motifs is 1. The van der Waals surface area contributed by atoms with E-state index in [-0.39, 0.29) is 12.1 Å². The van der Waals surface area contributed by atoms with E-state index < -0.39 is 0 Å². The van der Waals surface area contributed by atoms with Crippen LogP contribution in [0.1, 0.15) is 36.1 Å². The number of nitrogens with one attached hydrogen (secondary N) is 3. The van der Waals surface area contributed by atoms with Crippen molar-refractivity contribution >= 4 is 11.7 Å². The summed E-state index contributed by atoms with van der Waals surface area (Å²) in [6.07, 6.45) is 7.12. The minimum atomic E-state index is -0.159. The Bertz CT molecular complexity index is 739. The fourth-order valence-corrected chi connectivity index (χ4v) is 3.26. The molecule has 2 amide bonds. The molecule has 25 heavy (non-hydrogen) atoms. The number of carbonyl (C=O) groups excluding carboxylic acids is 1. The van der Waals surface area contributed by atoms with Crippen LogP contribution in [-0.4, -0.2) is 28.9 Å². The molecule has 0 saturated heterocycles. The molecule has 2 aromatic rings. The number of nitrogens with zero attached hydrogens (tertiary/aromatic N) is 1. The van der Waals surface area contributed by atoms with Gasteiger partial charge in [-0.3, -0.25) is 5.10 Å². The number of carbonyl (C=O) groups is 1. The standard InChI is InChI=1S/C19H24N4O2/c24-19(22-17-6-7-18-15(9-17)10-20-23-18)21-16-3-1-2-14(8-16)12-25-11-13-4-5-13/h1-3,8,10,13,17H,4-7,9,11-12H2,(H,20,23)(H2,21,22,24). The van der Waals surface area contributed by atoms with E-state index in [0.29, 0.717) is 6.61 Å². The number of benzene rings is 1. The molecule has 2 aliphatic carbocycles. The van der Waals surface area contributed by atoms with Gasteiger partial charge in [-0.25, -0.2) is 4.79 Å². The van der Waals surface area contributed by atoms with Crippen molar-refractivity contribution in [3.63, 3.8) is 0 Å². The van der Waals surface area contributed by atoms with Crippen LogP contribution in [0.4, 0.5) is 10.5 Å². The summed E-state index contributed by atoms with van der Waals surface area (Å²) in [6.45, 7) is 1.44. The molecule has 0 spiro atoms. The molecule has 6 nitrogen and oxygen atoms in total. The number of aromatic amines is 1. The molecule has 132 valence electrons. The molecule has 1 saturated carbocycles. The predicted octanol–water partition coefficient (Wildman–Crippen LogP) is 3.02. The lowest BCUT2D eigenvalue weighted by atomic mass is 9.94. The summed E-state index contributed by atoms with van der Waals surface area (Å²) in [5.41, 5.74) is 4.27. The number of H-pyrrole nitrogens is 1. The molecule has 1 unspecified atom stereocenters. The van der Waals surface area contributed by atoms with Gasteiger partial charge in [0.05, 0.1) is 12.8 Å². The van der Waals surface area contributed by atoms with E-state index in [4.69, 9.17) is 4.74 Å². The van der Waals surface area contributed by atoms with E-state index in [1.807, 2.05) is 30.5 Å². The van der Waals surface area contributed by atoms with Gasteiger partial charge < -0.3 is 15.4 Å². The van der Waals surface area contributed by atoms with E-state index in [0.717, 1.165) is 43.0 Å². The first-order chi connectivity index (χ1) is 12.3. The highest BCUT2D eigenvalue weighted by atomic mass is 16.5. The third-order valence-electron chi connectivity index (χ3n) is 4.86. The Balaban J connectivity index is 1.27. The van der Waals surface area contributed by atoms with Crippen LogP contribution in [-0.2, 0) is 24.2 Å². The van der Waals surface area contributed by atoms with E-state index in [2.05, 4.69) is 20.8 Å². The minimum Gasteiger partial charge on any atom is -0.376 e. The Morgan fingerprint density at radius 2 is 2.24 bits per heavy atom. The van der Waals surface area contributed by atoms with Gasteiger partial charge in [-0.1, -0.05) is 12.1 Å². The topological polar surface area (TPSA) is 79.0 Å². The number of urea groups is 1. The molecule has 3 N–H and O–H groups in total. The van der Waals surface area contributed by atoms with Gasteiger partial charge in [-0.2, -0.15) is 5.10 Å². The monoisotopic (exact) mass is 340 g/mol. The SMILES string of the molecule is O=C(Nc1cccc(COCC2CC2)c1)NC1CCc2[nH]ncc2C1. The molecule has 1 aromatic heterocycles. The lowest BCUT2D eigenvalue weighted by molar-refractivity contribution is 0.111. The molecule has 1 fully saturated rings. The third kappa shape index (κ3) is 4.39. The highest BCUT2D eigenvalue weighted by Crippen LogP contribution is 2.29. The number of rotatable bonds is 6. The smallest absolute Gasteiger partial charge is 0.319 e. The molecule has 2 aliphatic rings.